The van der Waals surface area contributed by atoms with Gasteiger partial charge in [-0.25, -0.2) is 9.80 Å². The molecule has 3 aromatic rings. The molecule has 1 heterocycles. The molecular weight excluding hydrogens is 462 g/mol. The molecule has 1 aliphatic rings. The summed E-state index contributed by atoms with van der Waals surface area (Å²) in [5.74, 6) is 1.65. The molecule has 8 heteroatoms. The molecule has 0 saturated heterocycles. The molecule has 7 nitrogen and oxygen atoms in total. The molecule has 0 aliphatic carbocycles. The highest BCUT2D eigenvalue weighted by atomic mass is 32.2. The minimum absolute atomic E-state index is 0.179. The first-order chi connectivity index (χ1) is 16.9. The third kappa shape index (κ3) is 5.22. The van der Waals surface area contributed by atoms with Crippen molar-refractivity contribution in [2.24, 2.45) is 5.10 Å². The predicted molar refractivity (Wildman–Crippen MR) is 138 cm³/mol. The fourth-order valence-electron chi connectivity index (χ4n) is 4.12. The summed E-state index contributed by atoms with van der Waals surface area (Å²) < 4.78 is 24.0. The SMILES string of the molecule is CNC(=O)N1N=C(c2ccc(S(=O)Cc3ccccc3)cc2)c2cc(OC)c(OC)cc2C[C@@H]1C. The molecule has 1 aliphatic heterocycles. The highest BCUT2D eigenvalue weighted by molar-refractivity contribution is 7.84. The van der Waals surface area contributed by atoms with Gasteiger partial charge in [0.05, 0.1) is 42.5 Å². The first-order valence-corrected chi connectivity index (χ1v) is 12.6. The van der Waals surface area contributed by atoms with E-state index in [0.717, 1.165) is 27.1 Å². The molecule has 3 aromatic carbocycles. The molecule has 1 unspecified atom stereocenters. The van der Waals surface area contributed by atoms with Crippen LogP contribution in [-0.4, -0.2) is 48.3 Å². The summed E-state index contributed by atoms with van der Waals surface area (Å²) in [5, 5.41) is 8.92. The molecule has 4 rings (SSSR count). The number of nitrogens with zero attached hydrogens (tertiary/aromatic N) is 2. The van der Waals surface area contributed by atoms with E-state index in [9.17, 15) is 9.00 Å². The fourth-order valence-corrected chi connectivity index (χ4v) is 5.22. The van der Waals surface area contributed by atoms with E-state index in [1.54, 1.807) is 21.3 Å². The molecule has 2 atom stereocenters. The van der Waals surface area contributed by atoms with E-state index in [-0.39, 0.29) is 12.1 Å². The molecule has 0 fully saturated rings. The third-order valence-corrected chi connectivity index (χ3v) is 7.35. The topological polar surface area (TPSA) is 80.2 Å². The van der Waals surface area contributed by atoms with Gasteiger partial charge in [0.25, 0.3) is 0 Å². The largest absolute Gasteiger partial charge is 0.493 e. The highest BCUT2D eigenvalue weighted by Gasteiger charge is 2.28. The number of fused-ring (bicyclic) bond motifs is 1. The Balaban J connectivity index is 1.75. The zero-order chi connectivity index (χ0) is 24.9. The van der Waals surface area contributed by atoms with Crippen molar-refractivity contribution in [2.45, 2.75) is 30.0 Å². The van der Waals surface area contributed by atoms with E-state index in [4.69, 9.17) is 14.6 Å². The van der Waals surface area contributed by atoms with Gasteiger partial charge in [0.1, 0.15) is 0 Å². The van der Waals surface area contributed by atoms with Crippen LogP contribution in [-0.2, 0) is 23.0 Å². The van der Waals surface area contributed by atoms with Crippen LogP contribution in [0.5, 0.6) is 11.5 Å². The molecule has 182 valence electrons. The highest BCUT2D eigenvalue weighted by Crippen LogP contribution is 2.34. The molecule has 0 spiro atoms. The van der Waals surface area contributed by atoms with Gasteiger partial charge < -0.3 is 14.8 Å². The van der Waals surface area contributed by atoms with Crippen LogP contribution in [0.4, 0.5) is 4.79 Å². The van der Waals surface area contributed by atoms with Crippen molar-refractivity contribution in [2.75, 3.05) is 21.3 Å². The van der Waals surface area contributed by atoms with E-state index in [1.165, 1.54) is 5.01 Å². The summed E-state index contributed by atoms with van der Waals surface area (Å²) in [6.07, 6.45) is 0.593. The van der Waals surface area contributed by atoms with Crippen molar-refractivity contribution >= 4 is 22.5 Å². The average Bonchev–Trinajstić information content (AvgIpc) is 3.03. The summed E-state index contributed by atoms with van der Waals surface area (Å²) in [6, 6.07) is 20.7. The van der Waals surface area contributed by atoms with Crippen LogP contribution in [0, 0.1) is 0 Å². The van der Waals surface area contributed by atoms with Crippen molar-refractivity contribution in [3.63, 3.8) is 0 Å². The van der Waals surface area contributed by atoms with Gasteiger partial charge >= 0.3 is 6.03 Å². The van der Waals surface area contributed by atoms with Crippen molar-refractivity contribution in [3.05, 3.63) is 89.0 Å². The summed E-state index contributed by atoms with van der Waals surface area (Å²) in [7, 11) is 3.60. The smallest absolute Gasteiger partial charge is 0.337 e. The molecule has 0 saturated carbocycles. The first-order valence-electron chi connectivity index (χ1n) is 11.3. The lowest BCUT2D eigenvalue weighted by Gasteiger charge is -2.22. The number of hydrogen-bond acceptors (Lipinski definition) is 5. The van der Waals surface area contributed by atoms with Gasteiger partial charge in [-0.3, -0.25) is 4.21 Å². The Morgan fingerprint density at radius 2 is 1.71 bits per heavy atom. The Morgan fingerprint density at radius 3 is 2.34 bits per heavy atom. The Kier molecular flexibility index (Phi) is 7.51. The lowest BCUT2D eigenvalue weighted by Crippen LogP contribution is -2.41. The number of carbonyl (C=O) groups is 1. The Hall–Kier alpha value is -3.65. The van der Waals surface area contributed by atoms with Crippen molar-refractivity contribution in [1.29, 1.82) is 0 Å². The van der Waals surface area contributed by atoms with E-state index < -0.39 is 10.8 Å². The number of ether oxygens (including phenoxy) is 2. The van der Waals surface area contributed by atoms with Gasteiger partial charge in [-0.1, -0.05) is 42.5 Å². The molecule has 2 amide bonds. The standard InChI is InChI=1S/C27H29N3O4S/c1-18-14-21-15-24(33-3)25(34-4)16-23(21)26(29-30(18)27(31)28-2)20-10-12-22(13-11-20)35(32)17-19-8-6-5-7-9-19/h5-13,15-16,18H,14,17H2,1-4H3,(H,28,31)/t18-,35?/m0/s1. The number of rotatable bonds is 6. The Labute approximate surface area is 208 Å². The van der Waals surface area contributed by atoms with Gasteiger partial charge in [0.15, 0.2) is 11.5 Å². The van der Waals surface area contributed by atoms with E-state index in [0.29, 0.717) is 29.4 Å². The Bertz CT molecular complexity index is 1260. The quantitative estimate of drug-likeness (QED) is 0.556. The van der Waals surface area contributed by atoms with Gasteiger partial charge in [-0.05, 0) is 48.7 Å². The number of urea groups is 1. The summed E-state index contributed by atoms with van der Waals surface area (Å²) in [4.78, 5) is 13.4. The van der Waals surface area contributed by atoms with Gasteiger partial charge in [-0.2, -0.15) is 5.10 Å². The number of nitrogens with one attached hydrogen (secondary N) is 1. The molecule has 1 N–H and O–H groups in total. The van der Waals surface area contributed by atoms with Crippen molar-refractivity contribution in [3.8, 4) is 11.5 Å². The molecule has 0 bridgehead atoms. The van der Waals surface area contributed by atoms with Crippen LogP contribution in [0.2, 0.25) is 0 Å². The van der Waals surface area contributed by atoms with Crippen molar-refractivity contribution in [1.82, 2.24) is 10.3 Å². The maximum absolute atomic E-state index is 12.9. The van der Waals surface area contributed by atoms with Crippen molar-refractivity contribution < 1.29 is 18.5 Å². The predicted octanol–water partition coefficient (Wildman–Crippen LogP) is 4.35. The van der Waals surface area contributed by atoms with Crippen LogP contribution in [0.3, 0.4) is 0 Å². The second kappa shape index (κ2) is 10.7. The zero-order valence-electron chi connectivity index (χ0n) is 20.3. The van der Waals surface area contributed by atoms with Crippen LogP contribution in [0.25, 0.3) is 0 Å². The second-order valence-electron chi connectivity index (χ2n) is 8.27. The summed E-state index contributed by atoms with van der Waals surface area (Å²) in [5.41, 5.74) is 4.32. The number of benzene rings is 3. The number of hydrazone groups is 1. The van der Waals surface area contributed by atoms with Crippen LogP contribution >= 0.6 is 0 Å². The number of hydrogen-bond donors (Lipinski definition) is 1. The first kappa shape index (κ1) is 24.5. The zero-order valence-corrected chi connectivity index (χ0v) is 21.1. The molecule has 35 heavy (non-hydrogen) atoms. The van der Waals surface area contributed by atoms with E-state index in [1.807, 2.05) is 73.7 Å². The Morgan fingerprint density at radius 1 is 1.06 bits per heavy atom. The minimum atomic E-state index is -1.18. The summed E-state index contributed by atoms with van der Waals surface area (Å²) in [6.45, 7) is 1.96. The normalized spacial score (nSPS) is 15.9. The fraction of sp³-hybridized carbons (Fsp3) is 0.259. The van der Waals surface area contributed by atoms with E-state index >= 15 is 0 Å². The van der Waals surface area contributed by atoms with Gasteiger partial charge in [0.2, 0.25) is 0 Å². The molecule has 0 aromatic heterocycles. The lowest BCUT2D eigenvalue weighted by atomic mass is 9.94. The monoisotopic (exact) mass is 491 g/mol. The molecule has 0 radical (unpaired) electrons. The molecular formula is C27H29N3O4S. The van der Waals surface area contributed by atoms with Crippen LogP contribution in [0.1, 0.15) is 29.2 Å². The summed E-state index contributed by atoms with van der Waals surface area (Å²) >= 11 is 0. The number of amides is 2. The third-order valence-electron chi connectivity index (χ3n) is 5.96. The number of carbonyl (C=O) groups excluding carboxylic acids is 1. The minimum Gasteiger partial charge on any atom is -0.493 e. The van der Waals surface area contributed by atoms with Gasteiger partial charge in [0, 0.05) is 23.1 Å². The lowest BCUT2D eigenvalue weighted by molar-refractivity contribution is 0.184. The number of methoxy groups -OCH3 is 2. The maximum atomic E-state index is 12.9. The van der Waals surface area contributed by atoms with Gasteiger partial charge in [-0.15, -0.1) is 0 Å². The van der Waals surface area contributed by atoms with Crippen LogP contribution in [0.15, 0.2) is 76.7 Å². The second-order valence-corrected chi connectivity index (χ2v) is 9.72. The van der Waals surface area contributed by atoms with Crippen LogP contribution < -0.4 is 14.8 Å². The van der Waals surface area contributed by atoms with E-state index in [2.05, 4.69) is 5.32 Å². The average molecular weight is 492 g/mol. The maximum Gasteiger partial charge on any atom is 0.337 e.